The van der Waals surface area contributed by atoms with E-state index in [-0.39, 0.29) is 40.0 Å². The summed E-state index contributed by atoms with van der Waals surface area (Å²) in [5.41, 5.74) is 6.59. The molecule has 2 heterocycles. The fourth-order valence-electron chi connectivity index (χ4n) is 4.69. The van der Waals surface area contributed by atoms with Crippen molar-refractivity contribution in [3.8, 4) is 5.75 Å². The molecule has 0 bridgehead atoms. The maximum Gasteiger partial charge on any atom is 0.268 e. The summed E-state index contributed by atoms with van der Waals surface area (Å²) in [6.07, 6.45) is 3.01. The molecule has 1 amide bonds. The number of halogens is 2. The molecule has 0 radical (unpaired) electrons. The van der Waals surface area contributed by atoms with Gasteiger partial charge in [-0.25, -0.2) is 4.39 Å². The first-order chi connectivity index (χ1) is 14.3. The number of nitrogens with one attached hydrogen (secondary N) is 1. The Morgan fingerprint density at radius 3 is 2.73 bits per heavy atom. The highest BCUT2D eigenvalue weighted by atomic mass is 19.2. The second kappa shape index (κ2) is 7.51. The molecule has 1 fully saturated rings. The molecule has 0 unspecified atom stereocenters. The molecule has 3 N–H and O–H groups in total. The van der Waals surface area contributed by atoms with Crippen molar-refractivity contribution in [2.45, 2.75) is 31.6 Å². The minimum Gasteiger partial charge on any atom is -0.493 e. The number of H-pyrrole nitrogens is 1. The summed E-state index contributed by atoms with van der Waals surface area (Å²) in [5, 5.41) is 0.141. The minimum absolute atomic E-state index is 0.0843. The van der Waals surface area contributed by atoms with Crippen LogP contribution in [-0.2, 0) is 0 Å². The SMILES string of the molecule is COc1c([C@@H]2[C@H](C)CC[C@H]2c2cc(=O)c3c(C(N)=O)nccc3[nH]2)ccc(F)c1F. The molecular formula is C22H21F2N3O3. The van der Waals surface area contributed by atoms with Crippen molar-refractivity contribution in [1.82, 2.24) is 9.97 Å². The van der Waals surface area contributed by atoms with Gasteiger partial charge in [-0.1, -0.05) is 13.0 Å². The summed E-state index contributed by atoms with van der Waals surface area (Å²) in [4.78, 5) is 31.6. The van der Waals surface area contributed by atoms with Crippen LogP contribution >= 0.6 is 0 Å². The monoisotopic (exact) mass is 413 g/mol. The predicted octanol–water partition coefficient (Wildman–Crippen LogP) is 3.61. The molecule has 1 aromatic carbocycles. The van der Waals surface area contributed by atoms with E-state index in [0.717, 1.165) is 18.9 Å². The highest BCUT2D eigenvalue weighted by Crippen LogP contribution is 2.51. The van der Waals surface area contributed by atoms with Crippen LogP contribution in [0.2, 0.25) is 0 Å². The smallest absolute Gasteiger partial charge is 0.268 e. The van der Waals surface area contributed by atoms with E-state index in [2.05, 4.69) is 9.97 Å². The van der Waals surface area contributed by atoms with Gasteiger partial charge in [-0.3, -0.25) is 14.6 Å². The Bertz CT molecular complexity index is 1210. The molecule has 3 aromatic rings. The number of aromatic amines is 1. The van der Waals surface area contributed by atoms with Crippen LogP contribution in [0.25, 0.3) is 10.9 Å². The molecule has 1 aliphatic rings. The van der Waals surface area contributed by atoms with E-state index < -0.39 is 17.5 Å². The van der Waals surface area contributed by atoms with Gasteiger partial charge in [-0.05, 0) is 36.8 Å². The molecule has 156 valence electrons. The lowest BCUT2D eigenvalue weighted by molar-refractivity contribution is 0.0997. The molecule has 0 aliphatic heterocycles. The predicted molar refractivity (Wildman–Crippen MR) is 108 cm³/mol. The molecule has 2 aromatic heterocycles. The van der Waals surface area contributed by atoms with Crippen molar-refractivity contribution in [3.05, 3.63) is 69.3 Å². The number of aromatic nitrogens is 2. The molecule has 0 spiro atoms. The first kappa shape index (κ1) is 20.0. The Balaban J connectivity index is 1.87. The number of rotatable bonds is 4. The first-order valence-corrected chi connectivity index (χ1v) is 9.67. The van der Waals surface area contributed by atoms with E-state index >= 15 is 0 Å². The summed E-state index contributed by atoms with van der Waals surface area (Å²) in [5.74, 6) is -3.03. The molecule has 4 rings (SSSR count). The normalized spacial score (nSPS) is 21.1. The number of amides is 1. The van der Waals surface area contributed by atoms with Crippen LogP contribution in [0.3, 0.4) is 0 Å². The van der Waals surface area contributed by atoms with Crippen LogP contribution < -0.4 is 15.9 Å². The zero-order chi connectivity index (χ0) is 21.6. The van der Waals surface area contributed by atoms with Crippen LogP contribution in [-0.4, -0.2) is 23.0 Å². The van der Waals surface area contributed by atoms with Crippen molar-refractivity contribution in [2.75, 3.05) is 7.11 Å². The zero-order valence-corrected chi connectivity index (χ0v) is 16.5. The Morgan fingerprint density at radius 2 is 2.03 bits per heavy atom. The summed E-state index contributed by atoms with van der Waals surface area (Å²) in [7, 11) is 1.31. The highest BCUT2D eigenvalue weighted by molar-refractivity contribution is 6.03. The van der Waals surface area contributed by atoms with E-state index in [1.807, 2.05) is 6.92 Å². The van der Waals surface area contributed by atoms with Gasteiger partial charge in [0.25, 0.3) is 5.91 Å². The van der Waals surface area contributed by atoms with Gasteiger partial charge in [0.05, 0.1) is 18.0 Å². The van der Waals surface area contributed by atoms with Crippen molar-refractivity contribution in [1.29, 1.82) is 0 Å². The zero-order valence-electron chi connectivity index (χ0n) is 16.5. The molecule has 0 saturated heterocycles. The maximum atomic E-state index is 14.4. The molecule has 1 aliphatic carbocycles. The second-order valence-electron chi connectivity index (χ2n) is 7.71. The topological polar surface area (TPSA) is 98.1 Å². The van der Waals surface area contributed by atoms with Crippen LogP contribution in [0, 0.1) is 17.6 Å². The molecule has 30 heavy (non-hydrogen) atoms. The van der Waals surface area contributed by atoms with Crippen LogP contribution in [0.15, 0.2) is 35.3 Å². The number of nitrogens with zero attached hydrogens (tertiary/aromatic N) is 1. The first-order valence-electron chi connectivity index (χ1n) is 9.67. The van der Waals surface area contributed by atoms with Gasteiger partial charge < -0.3 is 15.5 Å². The van der Waals surface area contributed by atoms with Gasteiger partial charge in [0.15, 0.2) is 17.0 Å². The van der Waals surface area contributed by atoms with Crippen LogP contribution in [0.4, 0.5) is 8.78 Å². The van der Waals surface area contributed by atoms with Crippen molar-refractivity contribution >= 4 is 16.8 Å². The maximum absolute atomic E-state index is 14.4. The fourth-order valence-corrected chi connectivity index (χ4v) is 4.69. The number of carbonyl (C=O) groups excluding carboxylic acids is 1. The largest absolute Gasteiger partial charge is 0.493 e. The molecular weight excluding hydrogens is 392 g/mol. The second-order valence-corrected chi connectivity index (χ2v) is 7.71. The summed E-state index contributed by atoms with van der Waals surface area (Å²) >= 11 is 0. The number of primary amides is 1. The third-order valence-corrected chi connectivity index (χ3v) is 6.02. The van der Waals surface area contributed by atoms with Crippen molar-refractivity contribution in [2.24, 2.45) is 11.7 Å². The number of benzene rings is 1. The van der Waals surface area contributed by atoms with Crippen molar-refractivity contribution in [3.63, 3.8) is 0 Å². The number of carbonyl (C=O) groups is 1. The number of nitrogens with two attached hydrogens (primary N) is 1. The average Bonchev–Trinajstić information content (AvgIpc) is 3.10. The molecule has 1 saturated carbocycles. The lowest BCUT2D eigenvalue weighted by Gasteiger charge is -2.26. The lowest BCUT2D eigenvalue weighted by atomic mass is 9.81. The van der Waals surface area contributed by atoms with Gasteiger partial charge in [0.1, 0.15) is 5.69 Å². The highest BCUT2D eigenvalue weighted by Gasteiger charge is 2.39. The number of fused-ring (bicyclic) bond motifs is 1. The van der Waals surface area contributed by atoms with Gasteiger partial charge in [0, 0.05) is 29.4 Å². The Labute approximate surface area is 171 Å². The van der Waals surface area contributed by atoms with Gasteiger partial charge >= 0.3 is 0 Å². The number of hydrogen-bond donors (Lipinski definition) is 2. The number of ether oxygens (including phenoxy) is 1. The standard InChI is InChI=1S/C22H21F2N3O3/c1-10-3-4-11(17(10)12-5-6-13(23)19(24)21(12)30-2)15-9-16(28)18-14(27-15)7-8-26-20(18)22(25)29/h5-11,17H,3-4H2,1-2H3,(H2,25,29)(H,27,28)/t10-,11+,17-/m1/s1. The summed E-state index contributed by atoms with van der Waals surface area (Å²) in [6.45, 7) is 2.04. The van der Waals surface area contributed by atoms with Gasteiger partial charge in [-0.2, -0.15) is 4.39 Å². The van der Waals surface area contributed by atoms with E-state index in [9.17, 15) is 18.4 Å². The van der Waals surface area contributed by atoms with E-state index in [1.54, 1.807) is 12.1 Å². The Morgan fingerprint density at radius 1 is 1.27 bits per heavy atom. The lowest BCUT2D eigenvalue weighted by Crippen LogP contribution is -2.19. The van der Waals surface area contributed by atoms with E-state index in [4.69, 9.17) is 10.5 Å². The fraction of sp³-hybridized carbons (Fsp3) is 0.318. The molecule has 8 heteroatoms. The van der Waals surface area contributed by atoms with E-state index in [0.29, 0.717) is 16.8 Å². The van der Waals surface area contributed by atoms with Gasteiger partial charge in [-0.15, -0.1) is 0 Å². The minimum atomic E-state index is -1.02. The van der Waals surface area contributed by atoms with Crippen LogP contribution in [0.5, 0.6) is 5.75 Å². The Kier molecular flexibility index (Phi) is 5.01. The molecule has 3 atom stereocenters. The Hall–Kier alpha value is -3.29. The number of hydrogen-bond acceptors (Lipinski definition) is 4. The summed E-state index contributed by atoms with van der Waals surface area (Å²) in [6, 6.07) is 5.70. The quantitative estimate of drug-likeness (QED) is 0.683. The third-order valence-electron chi connectivity index (χ3n) is 6.02. The van der Waals surface area contributed by atoms with E-state index in [1.165, 1.54) is 19.4 Å². The number of pyridine rings is 2. The van der Waals surface area contributed by atoms with Gasteiger partial charge in [0.2, 0.25) is 5.82 Å². The number of methoxy groups -OCH3 is 1. The summed E-state index contributed by atoms with van der Waals surface area (Å²) < 4.78 is 33.3. The van der Waals surface area contributed by atoms with Crippen molar-refractivity contribution < 1.29 is 18.3 Å². The average molecular weight is 413 g/mol. The third kappa shape index (κ3) is 3.12. The molecule has 6 nitrogen and oxygen atoms in total. The van der Waals surface area contributed by atoms with Crippen LogP contribution in [0.1, 0.15) is 53.3 Å².